The number of hydrogen-bond acceptors (Lipinski definition) is 1. The Morgan fingerprint density at radius 3 is 1.23 bits per heavy atom. The van der Waals surface area contributed by atoms with Gasteiger partial charge in [0.1, 0.15) is 0 Å². The van der Waals surface area contributed by atoms with Crippen molar-refractivity contribution in [2.45, 2.75) is 0 Å². The fourth-order valence-electron chi connectivity index (χ4n) is 7.52. The molecule has 0 radical (unpaired) electrons. The summed E-state index contributed by atoms with van der Waals surface area (Å²) in [4.78, 5) is 2.34. The Labute approximate surface area is 311 Å². The monoisotopic (exact) mass is 675 g/mol. The van der Waals surface area contributed by atoms with Gasteiger partial charge in [-0.2, -0.15) is 0 Å². The fraction of sp³-hybridized carbons (Fsp3) is 0. The number of benzene rings is 9. The van der Waals surface area contributed by atoms with Gasteiger partial charge < -0.3 is 4.90 Å². The first-order chi connectivity index (χ1) is 26.3. The van der Waals surface area contributed by atoms with E-state index >= 15 is 0 Å². The van der Waals surface area contributed by atoms with Gasteiger partial charge in [0.05, 0.1) is 0 Å². The van der Waals surface area contributed by atoms with E-state index in [2.05, 4.69) is 229 Å². The molecule has 9 aromatic carbocycles. The maximum absolute atomic E-state index is 2.34. The van der Waals surface area contributed by atoms with Crippen LogP contribution in [0.15, 0.2) is 224 Å². The van der Waals surface area contributed by atoms with Crippen LogP contribution in [-0.2, 0) is 0 Å². The molecule has 0 spiro atoms. The zero-order valence-corrected chi connectivity index (χ0v) is 29.3. The van der Waals surface area contributed by atoms with Crippen molar-refractivity contribution in [1.29, 1.82) is 0 Å². The summed E-state index contributed by atoms with van der Waals surface area (Å²) in [5.41, 5.74) is 15.4. The lowest BCUT2D eigenvalue weighted by molar-refractivity contribution is 1.28. The Balaban J connectivity index is 1.10. The van der Waals surface area contributed by atoms with Crippen LogP contribution < -0.4 is 4.90 Å². The molecule has 1 nitrogen and oxygen atoms in total. The highest BCUT2D eigenvalue weighted by Crippen LogP contribution is 2.43. The third-order valence-electron chi connectivity index (χ3n) is 10.1. The van der Waals surface area contributed by atoms with Gasteiger partial charge in [-0.3, -0.25) is 0 Å². The standard InChI is InChI=1S/C52H37N/c1-3-17-39(18-4-1)47-24-9-11-26-49(47)51-28-13-14-29-52(51)50-27-12-10-25-48(50)40-32-34-45(35-33-40)53(44-21-5-2-6-22-44)46-23-15-20-42(37-46)43-31-30-38-16-7-8-19-41(38)36-43/h1-37H. The van der Waals surface area contributed by atoms with Crippen molar-refractivity contribution in [1.82, 2.24) is 0 Å². The van der Waals surface area contributed by atoms with Crippen molar-refractivity contribution >= 4 is 27.8 Å². The van der Waals surface area contributed by atoms with Crippen molar-refractivity contribution in [3.63, 3.8) is 0 Å². The number of para-hydroxylation sites is 1. The summed E-state index contributed by atoms with van der Waals surface area (Å²) in [5, 5.41) is 2.50. The predicted molar refractivity (Wildman–Crippen MR) is 226 cm³/mol. The van der Waals surface area contributed by atoms with Crippen LogP contribution >= 0.6 is 0 Å². The molecule has 0 saturated heterocycles. The summed E-state index contributed by atoms with van der Waals surface area (Å²) in [7, 11) is 0. The van der Waals surface area contributed by atoms with Gasteiger partial charge in [0.25, 0.3) is 0 Å². The van der Waals surface area contributed by atoms with Gasteiger partial charge in [0.2, 0.25) is 0 Å². The molecule has 0 amide bonds. The summed E-state index contributed by atoms with van der Waals surface area (Å²) >= 11 is 0. The molecule has 0 aromatic heterocycles. The fourth-order valence-corrected chi connectivity index (χ4v) is 7.52. The predicted octanol–water partition coefficient (Wildman–Crippen LogP) is 14.6. The molecule has 53 heavy (non-hydrogen) atoms. The molecule has 0 saturated carbocycles. The summed E-state index contributed by atoms with van der Waals surface area (Å²) in [6.07, 6.45) is 0. The minimum Gasteiger partial charge on any atom is -0.310 e. The van der Waals surface area contributed by atoms with Gasteiger partial charge in [-0.1, -0.05) is 182 Å². The third kappa shape index (κ3) is 6.42. The number of nitrogens with zero attached hydrogens (tertiary/aromatic N) is 1. The van der Waals surface area contributed by atoms with E-state index < -0.39 is 0 Å². The smallest absolute Gasteiger partial charge is 0.0467 e. The number of hydrogen-bond donors (Lipinski definition) is 0. The van der Waals surface area contributed by atoms with Crippen molar-refractivity contribution in [2.24, 2.45) is 0 Å². The lowest BCUT2D eigenvalue weighted by atomic mass is 9.87. The van der Waals surface area contributed by atoms with E-state index in [1.54, 1.807) is 0 Å². The Morgan fingerprint density at radius 1 is 0.208 bits per heavy atom. The molecule has 1 heteroatoms. The zero-order chi connectivity index (χ0) is 35.4. The van der Waals surface area contributed by atoms with Crippen LogP contribution in [-0.4, -0.2) is 0 Å². The Kier molecular flexibility index (Phi) is 8.66. The summed E-state index contributed by atoms with van der Waals surface area (Å²) < 4.78 is 0. The highest BCUT2D eigenvalue weighted by Gasteiger charge is 2.17. The topological polar surface area (TPSA) is 3.24 Å². The first-order valence-corrected chi connectivity index (χ1v) is 18.2. The first-order valence-electron chi connectivity index (χ1n) is 18.2. The summed E-state index contributed by atoms with van der Waals surface area (Å²) in [6, 6.07) is 80.7. The molecule has 0 aliphatic heterocycles. The molecule has 9 aromatic rings. The molecule has 0 N–H and O–H groups in total. The molecule has 0 unspecified atom stereocenters. The van der Waals surface area contributed by atoms with Gasteiger partial charge in [-0.25, -0.2) is 0 Å². The van der Waals surface area contributed by atoms with E-state index in [0.717, 1.165) is 17.1 Å². The van der Waals surface area contributed by atoms with Crippen molar-refractivity contribution in [2.75, 3.05) is 4.90 Å². The normalized spacial score (nSPS) is 11.0. The second-order valence-electron chi connectivity index (χ2n) is 13.3. The highest BCUT2D eigenvalue weighted by molar-refractivity contribution is 5.96. The SMILES string of the molecule is c1ccc(-c2ccccc2-c2ccccc2-c2ccccc2-c2ccc(N(c3ccccc3)c3cccc(-c4ccc5ccccc5c4)c3)cc2)cc1. The van der Waals surface area contributed by atoms with E-state index in [1.165, 1.54) is 66.4 Å². The van der Waals surface area contributed by atoms with E-state index in [1.807, 2.05) is 0 Å². The van der Waals surface area contributed by atoms with Gasteiger partial charge in [0.15, 0.2) is 0 Å². The maximum atomic E-state index is 2.34. The third-order valence-corrected chi connectivity index (χ3v) is 10.1. The van der Waals surface area contributed by atoms with Crippen LogP contribution in [0.1, 0.15) is 0 Å². The lowest BCUT2D eigenvalue weighted by Crippen LogP contribution is -2.09. The number of fused-ring (bicyclic) bond motifs is 1. The van der Waals surface area contributed by atoms with Gasteiger partial charge in [-0.05, 0) is 109 Å². The average molecular weight is 676 g/mol. The molecule has 0 aliphatic carbocycles. The Morgan fingerprint density at radius 2 is 0.604 bits per heavy atom. The molecular weight excluding hydrogens is 639 g/mol. The number of anilines is 3. The van der Waals surface area contributed by atoms with E-state index in [9.17, 15) is 0 Å². The van der Waals surface area contributed by atoms with Crippen LogP contribution in [0.2, 0.25) is 0 Å². The van der Waals surface area contributed by atoms with E-state index in [4.69, 9.17) is 0 Å². The number of rotatable bonds is 8. The molecule has 0 atom stereocenters. The second-order valence-corrected chi connectivity index (χ2v) is 13.3. The largest absolute Gasteiger partial charge is 0.310 e. The van der Waals surface area contributed by atoms with Crippen LogP contribution in [0.3, 0.4) is 0 Å². The average Bonchev–Trinajstić information content (AvgIpc) is 3.25. The Bertz CT molecular complexity index is 2660. The quantitative estimate of drug-likeness (QED) is 0.155. The second kappa shape index (κ2) is 14.3. The van der Waals surface area contributed by atoms with Crippen molar-refractivity contribution in [3.8, 4) is 55.6 Å². The lowest BCUT2D eigenvalue weighted by Gasteiger charge is -2.26. The van der Waals surface area contributed by atoms with Crippen LogP contribution in [0.25, 0.3) is 66.4 Å². The van der Waals surface area contributed by atoms with Crippen molar-refractivity contribution < 1.29 is 0 Å². The highest BCUT2D eigenvalue weighted by atomic mass is 15.1. The Hall–Kier alpha value is -6.96. The van der Waals surface area contributed by atoms with Gasteiger partial charge >= 0.3 is 0 Å². The molecule has 9 rings (SSSR count). The minimum atomic E-state index is 1.10. The van der Waals surface area contributed by atoms with Gasteiger partial charge in [-0.15, -0.1) is 0 Å². The molecule has 0 bridgehead atoms. The van der Waals surface area contributed by atoms with Gasteiger partial charge in [0, 0.05) is 17.1 Å². The van der Waals surface area contributed by atoms with E-state index in [0.29, 0.717) is 0 Å². The molecular formula is C52H37N. The zero-order valence-electron chi connectivity index (χ0n) is 29.3. The van der Waals surface area contributed by atoms with Crippen LogP contribution in [0.4, 0.5) is 17.1 Å². The minimum absolute atomic E-state index is 1.10. The molecule has 0 heterocycles. The molecule has 250 valence electrons. The van der Waals surface area contributed by atoms with Crippen molar-refractivity contribution in [3.05, 3.63) is 224 Å². The van der Waals surface area contributed by atoms with Crippen LogP contribution in [0, 0.1) is 0 Å². The first kappa shape index (κ1) is 32.0. The van der Waals surface area contributed by atoms with E-state index in [-0.39, 0.29) is 0 Å². The molecule has 0 fully saturated rings. The molecule has 0 aliphatic rings. The summed E-state index contributed by atoms with van der Waals surface area (Å²) in [5.74, 6) is 0. The summed E-state index contributed by atoms with van der Waals surface area (Å²) in [6.45, 7) is 0. The van der Waals surface area contributed by atoms with Crippen LogP contribution in [0.5, 0.6) is 0 Å². The maximum Gasteiger partial charge on any atom is 0.0467 e.